The average molecular weight is 316 g/mol. The number of aliphatic carboxylic acids is 1. The summed E-state index contributed by atoms with van der Waals surface area (Å²) in [7, 11) is 0. The summed E-state index contributed by atoms with van der Waals surface area (Å²) in [6.45, 7) is 7.47. The van der Waals surface area contributed by atoms with Crippen molar-refractivity contribution in [2.45, 2.75) is 39.8 Å². The first kappa shape index (κ1) is 15.2. The molecular weight excluding hydrogens is 296 g/mol. The average Bonchev–Trinajstić information content (AvgIpc) is 2.76. The van der Waals surface area contributed by atoms with Gasteiger partial charge in [-0.25, -0.2) is 4.98 Å². The number of benzene rings is 1. The van der Waals surface area contributed by atoms with Crippen LogP contribution in [-0.2, 0) is 17.8 Å². The molecule has 1 aliphatic heterocycles. The van der Waals surface area contributed by atoms with E-state index in [2.05, 4.69) is 22.9 Å². The van der Waals surface area contributed by atoms with Gasteiger partial charge in [-0.2, -0.15) is 0 Å². The highest BCUT2D eigenvalue weighted by molar-refractivity contribution is 7.11. The van der Waals surface area contributed by atoms with Gasteiger partial charge in [-0.05, 0) is 43.9 Å². The van der Waals surface area contributed by atoms with E-state index in [1.54, 1.807) is 11.3 Å². The van der Waals surface area contributed by atoms with Crippen molar-refractivity contribution in [1.29, 1.82) is 0 Å². The molecule has 4 nitrogen and oxygen atoms in total. The topological polar surface area (TPSA) is 53.4 Å². The lowest BCUT2D eigenvalue weighted by Crippen LogP contribution is -2.39. The third-order valence-electron chi connectivity index (χ3n) is 4.34. The maximum absolute atomic E-state index is 11.9. The summed E-state index contributed by atoms with van der Waals surface area (Å²) in [4.78, 5) is 19.5. The molecule has 1 atom stereocenters. The van der Waals surface area contributed by atoms with Crippen LogP contribution in [0.5, 0.6) is 0 Å². The van der Waals surface area contributed by atoms with Gasteiger partial charge in [0.25, 0.3) is 0 Å². The molecule has 1 aliphatic rings. The van der Waals surface area contributed by atoms with Gasteiger partial charge in [-0.1, -0.05) is 18.2 Å². The largest absolute Gasteiger partial charge is 0.480 e. The first-order valence-electron chi connectivity index (χ1n) is 7.45. The molecule has 2 aromatic rings. The van der Waals surface area contributed by atoms with Crippen LogP contribution in [0.4, 0.5) is 0 Å². The van der Waals surface area contributed by atoms with Gasteiger partial charge in [-0.3, -0.25) is 9.69 Å². The van der Waals surface area contributed by atoms with Gasteiger partial charge >= 0.3 is 5.97 Å². The van der Waals surface area contributed by atoms with Crippen molar-refractivity contribution < 1.29 is 9.90 Å². The summed E-state index contributed by atoms with van der Waals surface area (Å²) >= 11 is 1.66. The fourth-order valence-corrected chi connectivity index (χ4v) is 4.23. The molecule has 0 amide bonds. The van der Waals surface area contributed by atoms with Crippen LogP contribution in [0.25, 0.3) is 0 Å². The summed E-state index contributed by atoms with van der Waals surface area (Å²) in [5.41, 5.74) is 4.34. The van der Waals surface area contributed by atoms with Crippen molar-refractivity contribution in [1.82, 2.24) is 9.88 Å². The number of thiazole rings is 1. The quantitative estimate of drug-likeness (QED) is 0.944. The van der Waals surface area contributed by atoms with E-state index in [-0.39, 0.29) is 0 Å². The molecule has 0 fully saturated rings. The summed E-state index contributed by atoms with van der Waals surface area (Å²) < 4.78 is 0. The van der Waals surface area contributed by atoms with Crippen LogP contribution in [0.1, 0.15) is 38.3 Å². The Balaban J connectivity index is 1.96. The number of carboxylic acids is 1. The minimum absolute atomic E-state index is 0.564. The van der Waals surface area contributed by atoms with Crippen molar-refractivity contribution in [3.63, 3.8) is 0 Å². The summed E-state index contributed by atoms with van der Waals surface area (Å²) in [5.74, 6) is -0.773. The normalized spacial score (nSPS) is 18.2. The van der Waals surface area contributed by atoms with Crippen LogP contribution in [0.3, 0.4) is 0 Å². The van der Waals surface area contributed by atoms with E-state index in [1.165, 1.54) is 16.0 Å². The van der Waals surface area contributed by atoms with E-state index in [1.807, 2.05) is 26.0 Å². The van der Waals surface area contributed by atoms with Crippen molar-refractivity contribution in [2.24, 2.45) is 0 Å². The maximum Gasteiger partial charge on any atom is 0.325 e. The Morgan fingerprint density at radius 2 is 2.18 bits per heavy atom. The van der Waals surface area contributed by atoms with Gasteiger partial charge in [0.2, 0.25) is 0 Å². The Bertz CT molecular complexity index is 723. The zero-order valence-electron chi connectivity index (χ0n) is 13.1. The smallest absolute Gasteiger partial charge is 0.325 e. The van der Waals surface area contributed by atoms with Gasteiger partial charge in [-0.15, -0.1) is 11.3 Å². The van der Waals surface area contributed by atoms with Crippen molar-refractivity contribution in [3.05, 3.63) is 50.5 Å². The lowest BCUT2D eigenvalue weighted by molar-refractivity contribution is -0.144. The molecule has 0 aliphatic carbocycles. The molecule has 0 bridgehead atoms. The number of hydrogen-bond donors (Lipinski definition) is 1. The monoisotopic (exact) mass is 316 g/mol. The molecule has 3 rings (SSSR count). The minimum Gasteiger partial charge on any atom is -0.480 e. The first-order chi connectivity index (χ1) is 10.5. The zero-order chi connectivity index (χ0) is 15.9. The van der Waals surface area contributed by atoms with Gasteiger partial charge in [0.1, 0.15) is 6.04 Å². The molecule has 1 N–H and O–H groups in total. The van der Waals surface area contributed by atoms with Gasteiger partial charge < -0.3 is 5.11 Å². The number of carbonyl (C=O) groups is 1. The molecule has 0 saturated heterocycles. The second-order valence-corrected chi connectivity index (χ2v) is 7.13. The lowest BCUT2D eigenvalue weighted by atomic mass is 9.89. The molecule has 5 heteroatoms. The molecule has 0 radical (unpaired) electrons. The van der Waals surface area contributed by atoms with Crippen LogP contribution in [0.2, 0.25) is 0 Å². The number of carboxylic acid groups (broad SMARTS) is 1. The number of aromatic nitrogens is 1. The highest BCUT2D eigenvalue weighted by Gasteiger charge is 2.33. The third kappa shape index (κ3) is 2.66. The Hall–Kier alpha value is -1.72. The van der Waals surface area contributed by atoms with Crippen LogP contribution >= 0.6 is 11.3 Å². The second-order valence-electron chi connectivity index (χ2n) is 5.85. The molecular formula is C17H20N2O2S. The summed E-state index contributed by atoms with van der Waals surface area (Å²) in [6, 6.07) is 5.41. The van der Waals surface area contributed by atoms with Gasteiger partial charge in [0.15, 0.2) is 0 Å². The van der Waals surface area contributed by atoms with Gasteiger partial charge in [0.05, 0.1) is 10.7 Å². The summed E-state index contributed by atoms with van der Waals surface area (Å²) in [6.07, 6.45) is 0.905. The molecule has 1 aromatic heterocycles. The van der Waals surface area contributed by atoms with E-state index in [4.69, 9.17) is 0 Å². The van der Waals surface area contributed by atoms with E-state index in [0.29, 0.717) is 6.54 Å². The Kier molecular flexibility index (Phi) is 4.02. The zero-order valence-corrected chi connectivity index (χ0v) is 13.9. The summed E-state index contributed by atoms with van der Waals surface area (Å²) in [5, 5.41) is 10.8. The van der Waals surface area contributed by atoms with Crippen LogP contribution in [0.15, 0.2) is 18.2 Å². The second kappa shape index (κ2) is 5.82. The highest BCUT2D eigenvalue weighted by Crippen LogP contribution is 2.34. The number of aryl methyl sites for hydroxylation is 3. The molecule has 22 heavy (non-hydrogen) atoms. The fourth-order valence-electron chi connectivity index (χ4n) is 3.27. The van der Waals surface area contributed by atoms with Crippen molar-refractivity contribution >= 4 is 17.3 Å². The third-order valence-corrected chi connectivity index (χ3v) is 5.39. The van der Waals surface area contributed by atoms with Crippen LogP contribution in [0, 0.1) is 20.8 Å². The van der Waals surface area contributed by atoms with E-state index >= 15 is 0 Å². The number of nitrogens with zero attached hydrogens (tertiary/aromatic N) is 2. The standard InChI is InChI=1S/C17H20N2O2S/c1-10-5-4-6-14-13(10)7-8-19(16(14)17(20)21)9-15-11(2)18-12(3)22-15/h4-6,16H,7-9H2,1-3H3,(H,20,21). The minimum atomic E-state index is -0.773. The van der Waals surface area contributed by atoms with Crippen molar-refractivity contribution in [3.8, 4) is 0 Å². The molecule has 0 spiro atoms. The van der Waals surface area contributed by atoms with Crippen LogP contribution < -0.4 is 0 Å². The molecule has 116 valence electrons. The van der Waals surface area contributed by atoms with Crippen molar-refractivity contribution in [2.75, 3.05) is 6.54 Å². The van der Waals surface area contributed by atoms with Gasteiger partial charge in [0, 0.05) is 18.0 Å². The number of hydrogen-bond acceptors (Lipinski definition) is 4. The SMILES string of the molecule is Cc1nc(C)c(CN2CCc3c(C)cccc3C2C(=O)O)s1. The molecule has 1 aromatic carbocycles. The predicted molar refractivity (Wildman–Crippen MR) is 87.3 cm³/mol. The first-order valence-corrected chi connectivity index (χ1v) is 8.27. The highest BCUT2D eigenvalue weighted by atomic mass is 32.1. The number of rotatable bonds is 3. The lowest BCUT2D eigenvalue weighted by Gasteiger charge is -2.35. The fraction of sp³-hybridized carbons (Fsp3) is 0.412. The molecule has 0 saturated carbocycles. The number of fused-ring (bicyclic) bond motifs is 1. The van der Waals surface area contributed by atoms with E-state index in [0.717, 1.165) is 29.2 Å². The molecule has 2 heterocycles. The molecule has 1 unspecified atom stereocenters. The van der Waals surface area contributed by atoms with Crippen LogP contribution in [-0.4, -0.2) is 27.5 Å². The Morgan fingerprint density at radius 3 is 2.82 bits per heavy atom. The van der Waals surface area contributed by atoms with E-state index < -0.39 is 12.0 Å². The Morgan fingerprint density at radius 1 is 1.41 bits per heavy atom. The Labute approximate surface area is 134 Å². The maximum atomic E-state index is 11.9. The van der Waals surface area contributed by atoms with E-state index in [9.17, 15) is 9.90 Å². The predicted octanol–water partition coefficient (Wildman–Crippen LogP) is 3.25.